The monoisotopic (exact) mass is 319 g/mol. The van der Waals surface area contributed by atoms with E-state index in [1.807, 2.05) is 0 Å². The Morgan fingerprint density at radius 1 is 1.32 bits per heavy atom. The number of carbonyl (C=O) groups is 1. The van der Waals surface area contributed by atoms with E-state index < -0.39 is 5.97 Å². The van der Waals surface area contributed by atoms with Crippen LogP contribution in [0, 0.1) is 0 Å². The van der Waals surface area contributed by atoms with Gasteiger partial charge in [0, 0.05) is 16.7 Å². The summed E-state index contributed by atoms with van der Waals surface area (Å²) in [4.78, 5) is 14.4. The first-order chi connectivity index (χ1) is 9.15. The Balaban J connectivity index is 2.17. The van der Waals surface area contributed by atoms with E-state index in [4.69, 9.17) is 9.84 Å². The van der Waals surface area contributed by atoms with Crippen molar-refractivity contribution in [1.82, 2.24) is 4.98 Å². The van der Waals surface area contributed by atoms with E-state index in [0.717, 1.165) is 16.1 Å². The Morgan fingerprint density at radius 3 is 2.79 bits per heavy atom. The number of hydrogen-bond donors (Lipinski definition) is 1. The van der Waals surface area contributed by atoms with Crippen LogP contribution >= 0.6 is 15.9 Å². The molecule has 0 aliphatic carbocycles. The number of nitrogens with zero attached hydrogens (tertiary/aromatic N) is 1. The highest BCUT2D eigenvalue weighted by atomic mass is 79.9. The smallest absolute Gasteiger partial charge is 0.328 e. The summed E-state index contributed by atoms with van der Waals surface area (Å²) in [6.45, 7) is 0. The minimum absolute atomic E-state index is 0.642. The van der Waals surface area contributed by atoms with Crippen LogP contribution in [0.15, 0.2) is 53.3 Å². The summed E-state index contributed by atoms with van der Waals surface area (Å²) in [5.74, 6) is 0.304. The SMILES string of the molecule is O=C(O)/C=C/c1ccc(Oc2cccnc2)cc1Br. The van der Waals surface area contributed by atoms with Gasteiger partial charge in [0.05, 0.1) is 6.20 Å². The average Bonchev–Trinajstić information content (AvgIpc) is 2.39. The number of ether oxygens (including phenoxy) is 1. The first-order valence-electron chi connectivity index (χ1n) is 5.43. The number of carboxylic acids is 1. The predicted molar refractivity (Wildman–Crippen MR) is 75.1 cm³/mol. The highest BCUT2D eigenvalue weighted by Gasteiger charge is 2.02. The van der Waals surface area contributed by atoms with Gasteiger partial charge in [-0.25, -0.2) is 4.79 Å². The van der Waals surface area contributed by atoms with Crippen molar-refractivity contribution >= 4 is 28.0 Å². The average molecular weight is 320 g/mol. The van der Waals surface area contributed by atoms with Gasteiger partial charge in [-0.3, -0.25) is 4.98 Å². The summed E-state index contributed by atoms with van der Waals surface area (Å²) in [6.07, 6.45) is 5.89. The van der Waals surface area contributed by atoms with Crippen LogP contribution in [-0.2, 0) is 4.79 Å². The summed E-state index contributed by atoms with van der Waals surface area (Å²) < 4.78 is 6.36. The normalized spacial score (nSPS) is 10.6. The maximum absolute atomic E-state index is 10.5. The van der Waals surface area contributed by atoms with Crippen LogP contribution in [-0.4, -0.2) is 16.1 Å². The van der Waals surface area contributed by atoms with Gasteiger partial charge < -0.3 is 9.84 Å². The van der Waals surface area contributed by atoms with Crippen molar-refractivity contribution in [3.8, 4) is 11.5 Å². The highest BCUT2D eigenvalue weighted by Crippen LogP contribution is 2.27. The van der Waals surface area contributed by atoms with Crippen molar-refractivity contribution in [2.75, 3.05) is 0 Å². The number of pyridine rings is 1. The lowest BCUT2D eigenvalue weighted by molar-refractivity contribution is -0.131. The molecule has 0 atom stereocenters. The molecule has 4 nitrogen and oxygen atoms in total. The third kappa shape index (κ3) is 3.93. The van der Waals surface area contributed by atoms with Crippen molar-refractivity contribution in [2.24, 2.45) is 0 Å². The van der Waals surface area contributed by atoms with Crippen LogP contribution in [0.25, 0.3) is 6.08 Å². The second kappa shape index (κ2) is 6.15. The van der Waals surface area contributed by atoms with Crippen molar-refractivity contribution in [3.63, 3.8) is 0 Å². The molecule has 0 saturated carbocycles. The van der Waals surface area contributed by atoms with E-state index in [-0.39, 0.29) is 0 Å². The van der Waals surface area contributed by atoms with Crippen LogP contribution < -0.4 is 4.74 Å². The Kier molecular flexibility index (Phi) is 4.30. The maximum Gasteiger partial charge on any atom is 0.328 e. The second-order valence-corrected chi connectivity index (χ2v) is 4.50. The molecule has 0 bridgehead atoms. The van der Waals surface area contributed by atoms with Crippen LogP contribution in [0.2, 0.25) is 0 Å². The molecule has 0 spiro atoms. The Labute approximate surface area is 118 Å². The van der Waals surface area contributed by atoms with Crippen LogP contribution in [0.1, 0.15) is 5.56 Å². The zero-order valence-electron chi connectivity index (χ0n) is 9.79. The molecule has 0 amide bonds. The van der Waals surface area contributed by atoms with Gasteiger partial charge in [0.25, 0.3) is 0 Å². The Morgan fingerprint density at radius 2 is 2.16 bits per heavy atom. The van der Waals surface area contributed by atoms with Gasteiger partial charge in [-0.05, 0) is 35.9 Å². The number of benzene rings is 1. The number of rotatable bonds is 4. The van der Waals surface area contributed by atoms with E-state index >= 15 is 0 Å². The van der Waals surface area contributed by atoms with Crippen molar-refractivity contribution < 1.29 is 14.6 Å². The van der Waals surface area contributed by atoms with Gasteiger partial charge in [-0.15, -0.1) is 0 Å². The highest BCUT2D eigenvalue weighted by molar-refractivity contribution is 9.10. The number of carboxylic acid groups (broad SMARTS) is 1. The zero-order valence-corrected chi connectivity index (χ0v) is 11.4. The molecule has 0 aliphatic rings. The summed E-state index contributed by atoms with van der Waals surface area (Å²) >= 11 is 3.37. The first kappa shape index (κ1) is 13.3. The van der Waals surface area contributed by atoms with Gasteiger partial charge in [0.2, 0.25) is 0 Å². The number of hydrogen-bond acceptors (Lipinski definition) is 3. The molecule has 0 aliphatic heterocycles. The lowest BCUT2D eigenvalue weighted by atomic mass is 10.2. The van der Waals surface area contributed by atoms with Gasteiger partial charge in [-0.2, -0.15) is 0 Å². The summed E-state index contributed by atoms with van der Waals surface area (Å²) in [5.41, 5.74) is 0.765. The predicted octanol–water partition coefficient (Wildman–Crippen LogP) is 3.73. The number of halogens is 1. The molecule has 2 rings (SSSR count). The fourth-order valence-electron chi connectivity index (χ4n) is 1.41. The minimum Gasteiger partial charge on any atom is -0.478 e. The summed E-state index contributed by atoms with van der Waals surface area (Å²) in [7, 11) is 0. The Hall–Kier alpha value is -2.14. The molecule has 1 heterocycles. The maximum atomic E-state index is 10.5. The molecular formula is C14H10BrNO3. The third-order valence-corrected chi connectivity index (χ3v) is 2.93. The topological polar surface area (TPSA) is 59.4 Å². The fraction of sp³-hybridized carbons (Fsp3) is 0. The van der Waals surface area contributed by atoms with Crippen LogP contribution in [0.5, 0.6) is 11.5 Å². The molecule has 5 heteroatoms. The second-order valence-electron chi connectivity index (χ2n) is 3.65. The molecule has 0 fully saturated rings. The van der Waals surface area contributed by atoms with Crippen molar-refractivity contribution in [1.29, 1.82) is 0 Å². The van der Waals surface area contributed by atoms with Crippen LogP contribution in [0.4, 0.5) is 0 Å². The first-order valence-corrected chi connectivity index (χ1v) is 6.23. The standard InChI is InChI=1S/C14H10BrNO3/c15-13-8-11(19-12-2-1-7-16-9-12)5-3-10(13)4-6-14(17)18/h1-9H,(H,17,18)/b6-4+. The molecule has 1 N–H and O–H groups in total. The van der Waals surface area contributed by atoms with E-state index in [9.17, 15) is 4.79 Å². The lowest BCUT2D eigenvalue weighted by Crippen LogP contribution is -1.88. The fourth-order valence-corrected chi connectivity index (χ4v) is 1.90. The molecule has 0 saturated heterocycles. The Bertz CT molecular complexity index is 611. The van der Waals surface area contributed by atoms with Gasteiger partial charge in [-0.1, -0.05) is 22.0 Å². The largest absolute Gasteiger partial charge is 0.478 e. The minimum atomic E-state index is -0.984. The summed E-state index contributed by atoms with van der Waals surface area (Å²) in [6, 6.07) is 8.90. The molecule has 0 radical (unpaired) electrons. The van der Waals surface area contributed by atoms with Crippen molar-refractivity contribution in [2.45, 2.75) is 0 Å². The molecule has 96 valence electrons. The van der Waals surface area contributed by atoms with E-state index in [1.54, 1.807) is 42.7 Å². The molecule has 0 unspecified atom stereocenters. The van der Waals surface area contributed by atoms with E-state index in [2.05, 4.69) is 20.9 Å². The van der Waals surface area contributed by atoms with E-state index in [0.29, 0.717) is 11.5 Å². The number of aromatic nitrogens is 1. The molecule has 1 aromatic carbocycles. The summed E-state index contributed by atoms with van der Waals surface area (Å²) in [5, 5.41) is 8.58. The lowest BCUT2D eigenvalue weighted by Gasteiger charge is -2.06. The molecule has 19 heavy (non-hydrogen) atoms. The van der Waals surface area contributed by atoms with Gasteiger partial charge >= 0.3 is 5.97 Å². The van der Waals surface area contributed by atoms with Gasteiger partial charge in [0.1, 0.15) is 11.5 Å². The van der Waals surface area contributed by atoms with Crippen LogP contribution in [0.3, 0.4) is 0 Å². The molecule has 2 aromatic rings. The molecule has 1 aromatic heterocycles. The van der Waals surface area contributed by atoms with Crippen molar-refractivity contribution in [3.05, 3.63) is 58.8 Å². The van der Waals surface area contributed by atoms with Gasteiger partial charge in [0.15, 0.2) is 0 Å². The third-order valence-electron chi connectivity index (χ3n) is 2.25. The zero-order chi connectivity index (χ0) is 13.7. The van der Waals surface area contributed by atoms with E-state index in [1.165, 1.54) is 6.08 Å². The number of aliphatic carboxylic acids is 1. The molecular weight excluding hydrogens is 310 g/mol. The quantitative estimate of drug-likeness (QED) is 0.872.